The number of benzene rings is 3. The topological polar surface area (TPSA) is 87.7 Å². The summed E-state index contributed by atoms with van der Waals surface area (Å²) in [6.45, 7) is 0.117. The minimum absolute atomic E-state index is 0.117. The Bertz CT molecular complexity index is 1140. The number of hydrogen-bond donors (Lipinski definition) is 3. The Morgan fingerprint density at radius 2 is 1.67 bits per heavy atom. The van der Waals surface area contributed by atoms with Crippen molar-refractivity contribution in [3.8, 4) is 5.75 Å². The molecule has 1 aliphatic carbocycles. The molecule has 0 spiro atoms. The van der Waals surface area contributed by atoms with E-state index in [4.69, 9.17) is 9.94 Å². The van der Waals surface area contributed by atoms with Crippen LogP contribution in [0.1, 0.15) is 48.0 Å². The monoisotopic (exact) mass is 444 g/mol. The van der Waals surface area contributed by atoms with E-state index in [0.717, 1.165) is 47.8 Å². The number of hydrogen-bond acceptors (Lipinski definition) is 4. The predicted molar refractivity (Wildman–Crippen MR) is 128 cm³/mol. The number of rotatable bonds is 7. The maximum atomic E-state index is 13.2. The number of ether oxygens (including phenoxy) is 1. The molecule has 0 unspecified atom stereocenters. The standard InChI is InChI=1S/C27H28N2O4/c30-26(28-23-9-2-1-3-10-23)22(17-19-13-15-21(16-14-19)27(31)29-32)18-33-25-12-6-8-20-7-4-5-11-24(20)25/h4-8,11-17,23,32H,1-3,9-10,18H2,(H,28,30)(H,29,31). The molecule has 6 nitrogen and oxygen atoms in total. The van der Waals surface area contributed by atoms with Gasteiger partial charge in [-0.3, -0.25) is 14.8 Å². The summed E-state index contributed by atoms with van der Waals surface area (Å²) in [4.78, 5) is 24.7. The molecule has 0 aromatic heterocycles. The first kappa shape index (κ1) is 22.6. The minimum Gasteiger partial charge on any atom is -0.488 e. The maximum absolute atomic E-state index is 13.2. The quantitative estimate of drug-likeness (QED) is 0.276. The van der Waals surface area contributed by atoms with Gasteiger partial charge in [0.05, 0.1) is 5.57 Å². The van der Waals surface area contributed by atoms with Gasteiger partial charge in [0.15, 0.2) is 0 Å². The Labute approximate surface area is 193 Å². The smallest absolute Gasteiger partial charge is 0.274 e. The third-order valence-corrected chi connectivity index (χ3v) is 5.98. The van der Waals surface area contributed by atoms with Crippen molar-refractivity contribution in [3.63, 3.8) is 0 Å². The van der Waals surface area contributed by atoms with E-state index in [2.05, 4.69) is 5.32 Å². The lowest BCUT2D eigenvalue weighted by Gasteiger charge is -2.23. The SMILES string of the molecule is O=C(NC1CCCCC1)C(=Cc1ccc(C(=O)NO)cc1)COc1cccc2ccccc12. The highest BCUT2D eigenvalue weighted by Gasteiger charge is 2.19. The summed E-state index contributed by atoms with van der Waals surface area (Å²) in [6, 6.07) is 20.7. The molecule has 1 fully saturated rings. The second-order valence-electron chi connectivity index (χ2n) is 8.31. The number of hydroxylamine groups is 1. The van der Waals surface area contributed by atoms with E-state index in [1.807, 2.05) is 42.5 Å². The zero-order valence-corrected chi connectivity index (χ0v) is 18.4. The third-order valence-electron chi connectivity index (χ3n) is 5.98. The molecule has 0 radical (unpaired) electrons. The van der Waals surface area contributed by atoms with Crippen LogP contribution in [0.15, 0.2) is 72.3 Å². The van der Waals surface area contributed by atoms with Crippen LogP contribution in [0.25, 0.3) is 16.8 Å². The van der Waals surface area contributed by atoms with Crippen LogP contribution in [0.4, 0.5) is 0 Å². The van der Waals surface area contributed by atoms with Crippen LogP contribution >= 0.6 is 0 Å². The van der Waals surface area contributed by atoms with Gasteiger partial charge in [-0.2, -0.15) is 0 Å². The van der Waals surface area contributed by atoms with E-state index >= 15 is 0 Å². The number of fused-ring (bicyclic) bond motifs is 1. The van der Waals surface area contributed by atoms with Gasteiger partial charge in [-0.25, -0.2) is 5.48 Å². The summed E-state index contributed by atoms with van der Waals surface area (Å²) < 4.78 is 6.12. The minimum atomic E-state index is -0.583. The molecule has 0 bridgehead atoms. The van der Waals surface area contributed by atoms with E-state index in [9.17, 15) is 9.59 Å². The van der Waals surface area contributed by atoms with Crippen LogP contribution in [0.5, 0.6) is 5.75 Å². The molecule has 0 heterocycles. The molecule has 6 heteroatoms. The molecule has 0 saturated heterocycles. The zero-order valence-electron chi connectivity index (χ0n) is 18.4. The van der Waals surface area contributed by atoms with Crippen molar-refractivity contribution >= 4 is 28.7 Å². The number of nitrogens with one attached hydrogen (secondary N) is 2. The maximum Gasteiger partial charge on any atom is 0.274 e. The van der Waals surface area contributed by atoms with Crippen molar-refractivity contribution in [2.45, 2.75) is 38.1 Å². The Hall–Kier alpha value is -3.64. The van der Waals surface area contributed by atoms with Crippen LogP contribution in [-0.2, 0) is 4.79 Å². The average molecular weight is 445 g/mol. The summed E-state index contributed by atoms with van der Waals surface area (Å²) in [6.07, 6.45) is 7.25. The highest BCUT2D eigenvalue weighted by Crippen LogP contribution is 2.26. The van der Waals surface area contributed by atoms with Crippen LogP contribution in [0, 0.1) is 0 Å². The molecule has 3 aromatic rings. The van der Waals surface area contributed by atoms with Gasteiger partial charge in [-0.1, -0.05) is 67.8 Å². The predicted octanol–water partition coefficient (Wildman–Crippen LogP) is 4.87. The van der Waals surface area contributed by atoms with Gasteiger partial charge in [-0.15, -0.1) is 0 Å². The Morgan fingerprint density at radius 3 is 2.42 bits per heavy atom. The molecule has 170 valence electrons. The summed E-state index contributed by atoms with van der Waals surface area (Å²) >= 11 is 0. The second kappa shape index (κ2) is 10.8. The number of amides is 2. The van der Waals surface area contributed by atoms with E-state index in [-0.39, 0.29) is 18.6 Å². The first-order valence-electron chi connectivity index (χ1n) is 11.3. The van der Waals surface area contributed by atoms with Crippen molar-refractivity contribution in [2.24, 2.45) is 0 Å². The summed E-state index contributed by atoms with van der Waals surface area (Å²) in [5.41, 5.74) is 3.22. The van der Waals surface area contributed by atoms with Gasteiger partial charge >= 0.3 is 0 Å². The van der Waals surface area contributed by atoms with E-state index in [1.165, 1.54) is 6.42 Å². The van der Waals surface area contributed by atoms with Crippen molar-refractivity contribution < 1.29 is 19.5 Å². The first-order valence-corrected chi connectivity index (χ1v) is 11.3. The molecule has 1 aliphatic rings. The molecular formula is C27H28N2O4. The number of carbonyl (C=O) groups is 2. The van der Waals surface area contributed by atoms with Crippen LogP contribution in [0.2, 0.25) is 0 Å². The number of carbonyl (C=O) groups excluding carboxylic acids is 2. The van der Waals surface area contributed by atoms with E-state index in [1.54, 1.807) is 35.8 Å². The molecular weight excluding hydrogens is 416 g/mol. The van der Waals surface area contributed by atoms with Crippen LogP contribution < -0.4 is 15.5 Å². The fourth-order valence-electron chi connectivity index (χ4n) is 4.17. The second-order valence-corrected chi connectivity index (χ2v) is 8.31. The van der Waals surface area contributed by atoms with Crippen molar-refractivity contribution in [1.29, 1.82) is 0 Å². The Kier molecular flexibility index (Phi) is 7.37. The molecule has 3 aromatic carbocycles. The summed E-state index contributed by atoms with van der Waals surface area (Å²) in [5.74, 6) is -0.00108. The van der Waals surface area contributed by atoms with Crippen molar-refractivity contribution in [3.05, 3.63) is 83.4 Å². The van der Waals surface area contributed by atoms with Crippen LogP contribution in [0.3, 0.4) is 0 Å². The molecule has 4 rings (SSSR count). The lowest BCUT2D eigenvalue weighted by atomic mass is 9.95. The van der Waals surface area contributed by atoms with Gasteiger partial charge in [0, 0.05) is 17.0 Å². The van der Waals surface area contributed by atoms with Gasteiger partial charge in [-0.05, 0) is 48.1 Å². The van der Waals surface area contributed by atoms with Crippen molar-refractivity contribution in [1.82, 2.24) is 10.8 Å². The first-order chi connectivity index (χ1) is 16.1. The van der Waals surface area contributed by atoms with Gasteiger partial charge in [0.1, 0.15) is 12.4 Å². The lowest BCUT2D eigenvalue weighted by molar-refractivity contribution is -0.118. The molecule has 2 amide bonds. The van der Waals surface area contributed by atoms with Crippen molar-refractivity contribution in [2.75, 3.05) is 6.61 Å². The third kappa shape index (κ3) is 5.79. The molecule has 1 saturated carbocycles. The van der Waals surface area contributed by atoms with Gasteiger partial charge in [0.25, 0.3) is 11.8 Å². The van der Waals surface area contributed by atoms with E-state index < -0.39 is 5.91 Å². The van der Waals surface area contributed by atoms with E-state index in [0.29, 0.717) is 11.1 Å². The zero-order chi connectivity index (χ0) is 23.0. The average Bonchev–Trinajstić information content (AvgIpc) is 2.87. The Balaban J connectivity index is 1.56. The van der Waals surface area contributed by atoms with Gasteiger partial charge in [0.2, 0.25) is 0 Å². The highest BCUT2D eigenvalue weighted by molar-refractivity contribution is 5.99. The van der Waals surface area contributed by atoms with Crippen LogP contribution in [-0.4, -0.2) is 29.7 Å². The molecule has 33 heavy (non-hydrogen) atoms. The fourth-order valence-corrected chi connectivity index (χ4v) is 4.17. The molecule has 0 atom stereocenters. The van der Waals surface area contributed by atoms with Gasteiger partial charge < -0.3 is 10.1 Å². The molecule has 0 aliphatic heterocycles. The lowest BCUT2D eigenvalue weighted by Crippen LogP contribution is -2.38. The summed E-state index contributed by atoms with van der Waals surface area (Å²) in [7, 11) is 0. The highest BCUT2D eigenvalue weighted by atomic mass is 16.5. The largest absolute Gasteiger partial charge is 0.488 e. The Morgan fingerprint density at radius 1 is 0.939 bits per heavy atom. The normalized spacial score (nSPS) is 14.6. The molecule has 3 N–H and O–H groups in total. The summed E-state index contributed by atoms with van der Waals surface area (Å²) in [5, 5.41) is 14.0. The fraction of sp³-hybridized carbons (Fsp3) is 0.259.